The highest BCUT2D eigenvalue weighted by Gasteiger charge is 2.23. The second-order valence-corrected chi connectivity index (χ2v) is 10.2. The zero-order chi connectivity index (χ0) is 20.0. The van der Waals surface area contributed by atoms with Crippen LogP contribution in [0.2, 0.25) is 0 Å². The Kier molecular flexibility index (Phi) is 7.71. The molecule has 1 fully saturated rings. The molecule has 1 aliphatic rings. The lowest BCUT2D eigenvalue weighted by molar-refractivity contribution is 0.224. The van der Waals surface area contributed by atoms with Gasteiger partial charge in [-0.05, 0) is 67.6 Å². The summed E-state index contributed by atoms with van der Waals surface area (Å²) in [7, 11) is -1.39. The normalized spacial score (nSPS) is 21.3. The molecule has 152 valence electrons. The summed E-state index contributed by atoms with van der Waals surface area (Å²) in [5.41, 5.74) is 1.82. The fraction of sp³-hybridized carbons (Fsp3) is 0.667. The van der Waals surface area contributed by atoms with Crippen LogP contribution in [0.15, 0.2) is 28.1 Å². The third-order valence-corrected chi connectivity index (χ3v) is 6.97. The molecule has 0 unspecified atom stereocenters. The van der Waals surface area contributed by atoms with Gasteiger partial charge in [0, 0.05) is 26.4 Å². The monoisotopic (exact) mass is 393 g/mol. The quantitative estimate of drug-likeness (QED) is 0.573. The first kappa shape index (κ1) is 21.7. The van der Waals surface area contributed by atoms with Gasteiger partial charge in [0.25, 0.3) is 0 Å². The molecule has 5 nitrogen and oxygen atoms in total. The van der Waals surface area contributed by atoms with Crippen molar-refractivity contribution in [2.75, 3.05) is 19.8 Å². The first-order valence-corrected chi connectivity index (χ1v) is 11.8. The van der Waals surface area contributed by atoms with Gasteiger partial charge in [-0.1, -0.05) is 26.0 Å². The summed E-state index contributed by atoms with van der Waals surface area (Å²) in [6.45, 7) is 8.07. The minimum atomic E-state index is -3.17. The van der Waals surface area contributed by atoms with Crippen LogP contribution in [0.4, 0.5) is 0 Å². The molecule has 0 aromatic heterocycles. The van der Waals surface area contributed by atoms with Crippen LogP contribution in [0.5, 0.6) is 0 Å². The van der Waals surface area contributed by atoms with Crippen LogP contribution >= 0.6 is 0 Å². The number of nitrogens with one attached hydrogen (secondary N) is 2. The highest BCUT2D eigenvalue weighted by atomic mass is 32.2. The van der Waals surface area contributed by atoms with Gasteiger partial charge >= 0.3 is 0 Å². The van der Waals surface area contributed by atoms with Gasteiger partial charge in [0.05, 0.1) is 4.90 Å². The predicted octanol–water partition coefficient (Wildman–Crippen LogP) is 3.53. The standard InChI is InChI=1S/C21H35N3O2S/c1-15(2)19-9-6-17(7-10-19)13-23-21(22-4)24-14-18-8-11-20(16(3)12-18)27(5,25)26/h8,11-12,15,17,19H,6-7,9-10,13-14H2,1-5H3,(H2,22,23,24). The summed E-state index contributed by atoms with van der Waals surface area (Å²) < 4.78 is 23.5. The largest absolute Gasteiger partial charge is 0.356 e. The van der Waals surface area contributed by atoms with Crippen molar-refractivity contribution in [3.05, 3.63) is 29.3 Å². The molecule has 1 aromatic carbocycles. The summed E-state index contributed by atoms with van der Waals surface area (Å²) >= 11 is 0. The van der Waals surface area contributed by atoms with Crippen LogP contribution in [0.1, 0.15) is 50.7 Å². The number of aliphatic imine (C=N–C) groups is 1. The highest BCUT2D eigenvalue weighted by molar-refractivity contribution is 7.90. The van der Waals surface area contributed by atoms with Crippen molar-refractivity contribution in [3.8, 4) is 0 Å². The number of sulfone groups is 1. The van der Waals surface area contributed by atoms with Crippen molar-refractivity contribution >= 4 is 15.8 Å². The lowest BCUT2D eigenvalue weighted by atomic mass is 9.77. The smallest absolute Gasteiger partial charge is 0.191 e. The minimum absolute atomic E-state index is 0.394. The average Bonchev–Trinajstić information content (AvgIpc) is 2.61. The van der Waals surface area contributed by atoms with Crippen molar-refractivity contribution in [1.82, 2.24) is 10.6 Å². The summed E-state index contributed by atoms with van der Waals surface area (Å²) in [5, 5.41) is 6.77. The fourth-order valence-electron chi connectivity index (χ4n) is 3.94. The third-order valence-electron chi connectivity index (χ3n) is 5.71. The van der Waals surface area contributed by atoms with E-state index in [9.17, 15) is 8.42 Å². The Bertz CT molecular complexity index is 749. The van der Waals surface area contributed by atoms with Crippen LogP contribution in [-0.4, -0.2) is 34.2 Å². The average molecular weight is 394 g/mol. The Morgan fingerprint density at radius 2 is 1.85 bits per heavy atom. The molecule has 27 heavy (non-hydrogen) atoms. The highest BCUT2D eigenvalue weighted by Crippen LogP contribution is 2.32. The molecule has 0 aliphatic heterocycles. The molecule has 0 saturated heterocycles. The molecule has 0 atom stereocenters. The van der Waals surface area contributed by atoms with Crippen molar-refractivity contribution < 1.29 is 8.42 Å². The Morgan fingerprint density at radius 3 is 2.37 bits per heavy atom. The number of guanidine groups is 1. The number of hydrogen-bond acceptors (Lipinski definition) is 3. The zero-order valence-corrected chi connectivity index (χ0v) is 18.2. The van der Waals surface area contributed by atoms with E-state index in [2.05, 4.69) is 29.5 Å². The van der Waals surface area contributed by atoms with E-state index in [0.717, 1.165) is 41.4 Å². The van der Waals surface area contributed by atoms with Crippen molar-refractivity contribution in [1.29, 1.82) is 0 Å². The van der Waals surface area contributed by atoms with Gasteiger partial charge in [0.1, 0.15) is 0 Å². The summed E-state index contributed by atoms with van der Waals surface area (Å²) in [6, 6.07) is 5.46. The second kappa shape index (κ2) is 9.58. The van der Waals surface area contributed by atoms with Crippen LogP contribution < -0.4 is 10.6 Å². The molecule has 0 heterocycles. The molecule has 6 heteroatoms. The first-order chi connectivity index (χ1) is 12.7. The van der Waals surface area contributed by atoms with Crippen molar-refractivity contribution in [2.45, 2.75) is 57.9 Å². The Balaban J connectivity index is 1.82. The van der Waals surface area contributed by atoms with E-state index in [1.54, 1.807) is 13.1 Å². The SMILES string of the molecule is CN=C(NCc1ccc(S(C)(=O)=O)c(C)c1)NCC1CCC(C(C)C)CC1. The Morgan fingerprint density at radius 1 is 1.19 bits per heavy atom. The third kappa shape index (κ3) is 6.52. The fourth-order valence-corrected chi connectivity index (χ4v) is 4.90. The maximum absolute atomic E-state index is 11.7. The predicted molar refractivity (Wildman–Crippen MR) is 113 cm³/mol. The summed E-state index contributed by atoms with van der Waals surface area (Å²) in [5.74, 6) is 3.20. The van der Waals surface area contributed by atoms with Crippen LogP contribution in [0.3, 0.4) is 0 Å². The van der Waals surface area contributed by atoms with E-state index in [4.69, 9.17) is 0 Å². The van der Waals surface area contributed by atoms with E-state index in [1.165, 1.54) is 31.9 Å². The lowest BCUT2D eigenvalue weighted by Gasteiger charge is -2.31. The molecule has 2 N–H and O–H groups in total. The molecule has 1 saturated carbocycles. The van der Waals surface area contributed by atoms with E-state index in [1.807, 2.05) is 19.1 Å². The number of benzene rings is 1. The minimum Gasteiger partial charge on any atom is -0.356 e. The number of aryl methyl sites for hydroxylation is 1. The Labute approximate surface area is 165 Å². The van der Waals surface area contributed by atoms with E-state index in [-0.39, 0.29) is 0 Å². The van der Waals surface area contributed by atoms with Gasteiger partial charge in [0.2, 0.25) is 0 Å². The van der Waals surface area contributed by atoms with Crippen LogP contribution in [-0.2, 0) is 16.4 Å². The zero-order valence-electron chi connectivity index (χ0n) is 17.4. The summed E-state index contributed by atoms with van der Waals surface area (Å²) in [4.78, 5) is 4.70. The van der Waals surface area contributed by atoms with Gasteiger partial charge in [-0.2, -0.15) is 0 Å². The molecule has 0 radical (unpaired) electrons. The van der Waals surface area contributed by atoms with E-state index in [0.29, 0.717) is 11.4 Å². The van der Waals surface area contributed by atoms with Gasteiger partial charge in [0.15, 0.2) is 15.8 Å². The van der Waals surface area contributed by atoms with Crippen LogP contribution in [0, 0.1) is 24.7 Å². The number of rotatable bonds is 6. The van der Waals surface area contributed by atoms with Gasteiger partial charge in [-0.25, -0.2) is 8.42 Å². The first-order valence-electron chi connectivity index (χ1n) is 9.94. The number of nitrogens with zero attached hydrogens (tertiary/aromatic N) is 1. The molecular weight excluding hydrogens is 358 g/mol. The van der Waals surface area contributed by atoms with E-state index >= 15 is 0 Å². The van der Waals surface area contributed by atoms with Crippen molar-refractivity contribution in [2.24, 2.45) is 22.7 Å². The molecule has 0 bridgehead atoms. The molecule has 0 spiro atoms. The second-order valence-electron chi connectivity index (χ2n) is 8.20. The molecular formula is C21H35N3O2S. The lowest BCUT2D eigenvalue weighted by Crippen LogP contribution is -2.40. The van der Waals surface area contributed by atoms with Gasteiger partial charge < -0.3 is 10.6 Å². The molecule has 1 aromatic rings. The van der Waals surface area contributed by atoms with Crippen LogP contribution in [0.25, 0.3) is 0 Å². The maximum Gasteiger partial charge on any atom is 0.191 e. The topological polar surface area (TPSA) is 70.6 Å². The summed E-state index contributed by atoms with van der Waals surface area (Å²) in [6.07, 6.45) is 6.50. The van der Waals surface area contributed by atoms with Gasteiger partial charge in [-0.15, -0.1) is 0 Å². The maximum atomic E-state index is 11.7. The molecule has 0 amide bonds. The number of hydrogen-bond donors (Lipinski definition) is 2. The van der Waals surface area contributed by atoms with Crippen molar-refractivity contribution in [3.63, 3.8) is 0 Å². The van der Waals surface area contributed by atoms with Gasteiger partial charge in [-0.3, -0.25) is 4.99 Å². The molecule has 1 aliphatic carbocycles. The Hall–Kier alpha value is -1.56. The van der Waals surface area contributed by atoms with E-state index < -0.39 is 9.84 Å². The molecule has 2 rings (SSSR count).